The van der Waals surface area contributed by atoms with Gasteiger partial charge in [0.25, 0.3) is 0 Å². The lowest BCUT2D eigenvalue weighted by atomic mass is 10.0. The highest BCUT2D eigenvalue weighted by atomic mass is 14.7. The molecule has 0 aliphatic rings. The maximum absolute atomic E-state index is 5.90. The summed E-state index contributed by atoms with van der Waals surface area (Å²) in [5.41, 5.74) is 8.01. The zero-order valence-electron chi connectivity index (χ0n) is 12.5. The molecule has 0 saturated carbocycles. The second-order valence-corrected chi connectivity index (χ2v) is 5.51. The minimum Gasteiger partial charge on any atom is -0.398 e. The Labute approximate surface area is 118 Å². The average Bonchev–Trinajstić information content (AvgIpc) is 2.43. The molecule has 0 aliphatic carbocycles. The number of aromatic nitrogens is 1. The van der Waals surface area contributed by atoms with Gasteiger partial charge in [-0.3, -0.25) is 4.98 Å². The van der Waals surface area contributed by atoms with Crippen LogP contribution in [0.3, 0.4) is 0 Å². The fourth-order valence-corrected chi connectivity index (χ4v) is 2.45. The molecule has 1 rings (SSSR count). The summed E-state index contributed by atoms with van der Waals surface area (Å²) in [6.07, 6.45) is 18.5. The number of rotatable bonds is 11. The van der Waals surface area contributed by atoms with Crippen LogP contribution in [0.5, 0.6) is 0 Å². The Morgan fingerprint density at radius 1 is 0.895 bits per heavy atom. The number of hydrogen-bond acceptors (Lipinski definition) is 2. The van der Waals surface area contributed by atoms with Crippen molar-refractivity contribution in [1.82, 2.24) is 4.98 Å². The number of nitrogens with two attached hydrogens (primary N) is 1. The highest BCUT2D eigenvalue weighted by molar-refractivity contribution is 5.44. The van der Waals surface area contributed by atoms with Crippen LogP contribution in [0.25, 0.3) is 0 Å². The molecular weight excluding hydrogens is 232 g/mol. The van der Waals surface area contributed by atoms with Crippen LogP contribution in [0.4, 0.5) is 5.69 Å². The largest absolute Gasteiger partial charge is 0.398 e. The zero-order chi connectivity index (χ0) is 13.8. The summed E-state index contributed by atoms with van der Waals surface area (Å²) in [4.78, 5) is 4.13. The van der Waals surface area contributed by atoms with Gasteiger partial charge in [-0.25, -0.2) is 0 Å². The van der Waals surface area contributed by atoms with E-state index in [1.807, 2.05) is 12.3 Å². The summed E-state index contributed by atoms with van der Waals surface area (Å²) < 4.78 is 0. The van der Waals surface area contributed by atoms with Crippen LogP contribution in [-0.2, 0) is 6.42 Å². The molecule has 0 aliphatic heterocycles. The van der Waals surface area contributed by atoms with Crippen LogP contribution in [0.2, 0.25) is 0 Å². The van der Waals surface area contributed by atoms with Crippen molar-refractivity contribution < 1.29 is 0 Å². The second kappa shape index (κ2) is 10.8. The minimum absolute atomic E-state index is 0.894. The molecule has 0 atom stereocenters. The van der Waals surface area contributed by atoms with Gasteiger partial charge in [0.2, 0.25) is 0 Å². The van der Waals surface area contributed by atoms with E-state index in [2.05, 4.69) is 11.9 Å². The topological polar surface area (TPSA) is 38.9 Å². The van der Waals surface area contributed by atoms with Crippen LogP contribution >= 0.6 is 0 Å². The Hall–Kier alpha value is -1.05. The first-order chi connectivity index (χ1) is 9.34. The predicted molar refractivity (Wildman–Crippen MR) is 84.2 cm³/mol. The summed E-state index contributed by atoms with van der Waals surface area (Å²) in [6, 6.07) is 1.89. The average molecular weight is 262 g/mol. The third-order valence-electron chi connectivity index (χ3n) is 3.74. The van der Waals surface area contributed by atoms with Crippen molar-refractivity contribution in [2.45, 2.75) is 77.6 Å². The molecule has 0 fully saturated rings. The van der Waals surface area contributed by atoms with Gasteiger partial charge in [0.1, 0.15) is 0 Å². The molecule has 0 radical (unpaired) electrons. The molecule has 1 heterocycles. The van der Waals surface area contributed by atoms with Crippen LogP contribution in [0.1, 0.15) is 76.7 Å². The second-order valence-electron chi connectivity index (χ2n) is 5.51. The normalized spacial score (nSPS) is 10.8. The Balaban J connectivity index is 1.90. The van der Waals surface area contributed by atoms with Gasteiger partial charge in [-0.1, -0.05) is 64.7 Å². The minimum atomic E-state index is 0.894. The van der Waals surface area contributed by atoms with Gasteiger partial charge in [-0.15, -0.1) is 0 Å². The van der Waals surface area contributed by atoms with Gasteiger partial charge in [0, 0.05) is 18.1 Å². The van der Waals surface area contributed by atoms with E-state index in [1.54, 1.807) is 6.20 Å². The van der Waals surface area contributed by atoms with Gasteiger partial charge in [0.05, 0.1) is 0 Å². The third-order valence-corrected chi connectivity index (χ3v) is 3.74. The molecule has 1 aromatic rings. The van der Waals surface area contributed by atoms with Crippen molar-refractivity contribution in [3.8, 4) is 0 Å². The Kier molecular flexibility index (Phi) is 9.13. The van der Waals surface area contributed by atoms with Crippen molar-refractivity contribution in [2.75, 3.05) is 5.73 Å². The molecule has 0 unspecified atom stereocenters. The molecule has 1 aromatic heterocycles. The Morgan fingerprint density at radius 3 is 2.05 bits per heavy atom. The molecule has 2 heteroatoms. The molecule has 2 N–H and O–H groups in total. The molecule has 2 nitrogen and oxygen atoms in total. The molecular formula is C17H30N2. The molecule has 0 aromatic carbocycles. The molecule has 0 bridgehead atoms. The van der Waals surface area contributed by atoms with Crippen LogP contribution in [0.15, 0.2) is 18.5 Å². The molecule has 19 heavy (non-hydrogen) atoms. The number of pyridine rings is 1. The fraction of sp³-hybridized carbons (Fsp3) is 0.706. The molecule has 108 valence electrons. The highest BCUT2D eigenvalue weighted by Crippen LogP contribution is 2.15. The first kappa shape index (κ1) is 16.0. The molecule has 0 amide bonds. The summed E-state index contributed by atoms with van der Waals surface area (Å²) >= 11 is 0. The van der Waals surface area contributed by atoms with E-state index in [4.69, 9.17) is 5.73 Å². The SMILES string of the molecule is CCCCCCCCCCCCc1cnccc1N. The van der Waals surface area contributed by atoms with E-state index in [0.29, 0.717) is 0 Å². The lowest BCUT2D eigenvalue weighted by molar-refractivity contribution is 0.556. The standard InChI is InChI=1S/C17H30N2/c1-2-3-4-5-6-7-8-9-10-11-12-16-15-19-14-13-17(16)18/h13-15H,2-12H2,1H3,(H2,18,19). The summed E-state index contributed by atoms with van der Waals surface area (Å²) in [5.74, 6) is 0. The van der Waals surface area contributed by atoms with Crippen molar-refractivity contribution >= 4 is 5.69 Å². The molecule has 0 saturated heterocycles. The van der Waals surface area contributed by atoms with Gasteiger partial charge in [0.15, 0.2) is 0 Å². The summed E-state index contributed by atoms with van der Waals surface area (Å²) in [5, 5.41) is 0. The maximum atomic E-state index is 5.90. The number of hydrogen-bond donors (Lipinski definition) is 1. The fourth-order valence-electron chi connectivity index (χ4n) is 2.45. The van der Waals surface area contributed by atoms with E-state index in [-0.39, 0.29) is 0 Å². The smallest absolute Gasteiger partial charge is 0.0377 e. The van der Waals surface area contributed by atoms with Crippen LogP contribution in [0, 0.1) is 0 Å². The number of nitrogens with zero attached hydrogens (tertiary/aromatic N) is 1. The number of nitrogen functional groups attached to an aromatic ring is 1. The number of aryl methyl sites for hydroxylation is 1. The van der Waals surface area contributed by atoms with Gasteiger partial charge < -0.3 is 5.73 Å². The van der Waals surface area contributed by atoms with Crippen molar-refractivity contribution in [2.24, 2.45) is 0 Å². The zero-order valence-corrected chi connectivity index (χ0v) is 12.5. The maximum Gasteiger partial charge on any atom is 0.0377 e. The Morgan fingerprint density at radius 2 is 1.47 bits per heavy atom. The summed E-state index contributed by atoms with van der Waals surface area (Å²) in [6.45, 7) is 2.27. The Bertz CT molecular complexity index is 323. The van der Waals surface area contributed by atoms with Crippen molar-refractivity contribution in [3.63, 3.8) is 0 Å². The van der Waals surface area contributed by atoms with E-state index < -0.39 is 0 Å². The van der Waals surface area contributed by atoms with E-state index in [0.717, 1.165) is 12.1 Å². The van der Waals surface area contributed by atoms with Gasteiger partial charge >= 0.3 is 0 Å². The molecule has 0 spiro atoms. The van der Waals surface area contributed by atoms with Crippen LogP contribution in [-0.4, -0.2) is 4.98 Å². The number of unbranched alkanes of at least 4 members (excludes halogenated alkanes) is 9. The van der Waals surface area contributed by atoms with Crippen molar-refractivity contribution in [1.29, 1.82) is 0 Å². The van der Waals surface area contributed by atoms with Crippen LogP contribution < -0.4 is 5.73 Å². The predicted octanol–water partition coefficient (Wildman–Crippen LogP) is 5.13. The van der Waals surface area contributed by atoms with Gasteiger partial charge in [-0.2, -0.15) is 0 Å². The first-order valence-electron chi connectivity index (χ1n) is 8.03. The highest BCUT2D eigenvalue weighted by Gasteiger charge is 1.98. The van der Waals surface area contributed by atoms with E-state index in [9.17, 15) is 0 Å². The lowest BCUT2D eigenvalue weighted by Gasteiger charge is -2.05. The van der Waals surface area contributed by atoms with E-state index in [1.165, 1.54) is 69.8 Å². The number of anilines is 1. The summed E-state index contributed by atoms with van der Waals surface area (Å²) in [7, 11) is 0. The third kappa shape index (κ3) is 7.86. The van der Waals surface area contributed by atoms with Gasteiger partial charge in [-0.05, 0) is 24.5 Å². The monoisotopic (exact) mass is 262 g/mol. The van der Waals surface area contributed by atoms with Crippen molar-refractivity contribution in [3.05, 3.63) is 24.0 Å². The van der Waals surface area contributed by atoms with E-state index >= 15 is 0 Å². The quantitative estimate of drug-likeness (QED) is 0.562. The lowest BCUT2D eigenvalue weighted by Crippen LogP contribution is -1.95. The first-order valence-corrected chi connectivity index (χ1v) is 8.03.